The summed E-state index contributed by atoms with van der Waals surface area (Å²) in [6, 6.07) is 15.9. The van der Waals surface area contributed by atoms with Crippen molar-refractivity contribution in [2.75, 3.05) is 0 Å². The Labute approximate surface area is 266 Å². The zero-order chi connectivity index (χ0) is 35.7. The Bertz CT molecular complexity index is 1970. The molecular formula is C28H18F6N2O10S2. The molecule has 0 aliphatic carbocycles. The molecule has 0 N–H and O–H groups in total. The van der Waals surface area contributed by atoms with Crippen LogP contribution in [0.25, 0.3) is 11.1 Å². The molecule has 0 fully saturated rings. The van der Waals surface area contributed by atoms with Crippen LogP contribution in [0.1, 0.15) is 22.3 Å². The first kappa shape index (κ1) is 35.6. The molecule has 0 atom stereocenters. The Kier molecular flexibility index (Phi) is 9.72. The maximum absolute atomic E-state index is 13.1. The second kappa shape index (κ2) is 13.1. The lowest BCUT2D eigenvalue weighted by atomic mass is 9.95. The third-order valence-corrected chi connectivity index (χ3v) is 8.38. The lowest BCUT2D eigenvalue weighted by Gasteiger charge is -2.16. The monoisotopic (exact) mass is 720 g/mol. The van der Waals surface area contributed by atoms with E-state index in [0.717, 1.165) is 60.7 Å². The van der Waals surface area contributed by atoms with Crippen LogP contribution in [0.15, 0.2) is 84.9 Å². The minimum Gasteiger partial charge on any atom is -0.376 e. The van der Waals surface area contributed by atoms with E-state index in [4.69, 9.17) is 0 Å². The quantitative estimate of drug-likeness (QED) is 0.0527. The van der Waals surface area contributed by atoms with Gasteiger partial charge < -0.3 is 8.37 Å². The summed E-state index contributed by atoms with van der Waals surface area (Å²) in [6.45, 7) is 0. The van der Waals surface area contributed by atoms with Crippen LogP contribution >= 0.6 is 0 Å². The van der Waals surface area contributed by atoms with Crippen LogP contribution in [0.5, 0.6) is 11.5 Å². The van der Waals surface area contributed by atoms with Gasteiger partial charge >= 0.3 is 31.3 Å². The Morgan fingerprint density at radius 2 is 0.917 bits per heavy atom. The highest BCUT2D eigenvalue weighted by atomic mass is 32.2. The third-order valence-electron chi connectivity index (χ3n) is 6.45. The molecule has 12 nitrogen and oxygen atoms in total. The highest BCUT2D eigenvalue weighted by Gasteiger charge is 2.49. The summed E-state index contributed by atoms with van der Waals surface area (Å²) in [7, 11) is -12.3. The number of halogens is 6. The molecule has 0 unspecified atom stereocenters. The van der Waals surface area contributed by atoms with Crippen molar-refractivity contribution in [3.8, 4) is 22.6 Å². The van der Waals surface area contributed by atoms with Gasteiger partial charge in [-0.2, -0.15) is 43.2 Å². The van der Waals surface area contributed by atoms with Gasteiger partial charge in [0.05, 0.1) is 9.85 Å². The van der Waals surface area contributed by atoms with Gasteiger partial charge in [-0.25, -0.2) is 0 Å². The molecule has 48 heavy (non-hydrogen) atoms. The molecule has 0 aromatic heterocycles. The number of non-ortho nitro benzene ring substituents is 2. The molecule has 0 saturated carbocycles. The largest absolute Gasteiger partial charge is 0.534 e. The van der Waals surface area contributed by atoms with E-state index >= 15 is 0 Å². The lowest BCUT2D eigenvalue weighted by Crippen LogP contribution is -2.28. The molecule has 0 amide bonds. The summed E-state index contributed by atoms with van der Waals surface area (Å²) in [5, 5.41) is 22.5. The fourth-order valence-corrected chi connectivity index (χ4v) is 5.27. The first-order chi connectivity index (χ1) is 22.2. The average molecular weight is 721 g/mol. The number of nitro benzene ring substituents is 2. The van der Waals surface area contributed by atoms with E-state index in [9.17, 15) is 63.4 Å². The van der Waals surface area contributed by atoms with E-state index in [0.29, 0.717) is 0 Å². The summed E-state index contributed by atoms with van der Waals surface area (Å²) < 4.78 is 135. The molecule has 4 aromatic rings. The fourth-order valence-electron chi connectivity index (χ4n) is 4.29. The first-order valence-electron chi connectivity index (χ1n) is 12.9. The number of hydrogen-bond donors (Lipinski definition) is 0. The van der Waals surface area contributed by atoms with Crippen LogP contribution < -0.4 is 8.37 Å². The Morgan fingerprint density at radius 3 is 1.23 bits per heavy atom. The van der Waals surface area contributed by atoms with Gasteiger partial charge in [0.25, 0.3) is 11.4 Å². The summed E-state index contributed by atoms with van der Waals surface area (Å²) in [6.07, 6.45) is -0.798. The Hall–Kier alpha value is -5.24. The smallest absolute Gasteiger partial charge is 0.376 e. The summed E-state index contributed by atoms with van der Waals surface area (Å²) in [5.74, 6) is -1.59. The van der Waals surface area contributed by atoms with Crippen molar-refractivity contribution in [3.05, 3.63) is 127 Å². The molecule has 4 rings (SSSR count). The van der Waals surface area contributed by atoms with E-state index in [1.165, 1.54) is 24.3 Å². The SMILES string of the molecule is O=[N+]([O-])c1cccc(Cc2cc(-c3ccc(OS(=O)(=O)C(F)(F)F)c(Cc4cccc([N+](=O)[O-])c4)c3)ccc2OS(=O)(=O)C(F)(F)F)c1. The predicted octanol–water partition coefficient (Wildman–Crippen LogP) is 6.81. The lowest BCUT2D eigenvalue weighted by molar-refractivity contribution is -0.385. The Balaban J connectivity index is 1.85. The number of hydrogen-bond acceptors (Lipinski definition) is 10. The van der Waals surface area contributed by atoms with Crippen molar-refractivity contribution in [1.29, 1.82) is 0 Å². The van der Waals surface area contributed by atoms with Gasteiger partial charge in [0.2, 0.25) is 0 Å². The van der Waals surface area contributed by atoms with E-state index in [1.807, 2.05) is 0 Å². The molecule has 0 spiro atoms. The van der Waals surface area contributed by atoms with Gasteiger partial charge in [-0.1, -0.05) is 36.4 Å². The van der Waals surface area contributed by atoms with Crippen LogP contribution in [-0.2, 0) is 33.1 Å². The van der Waals surface area contributed by atoms with Crippen LogP contribution in [0.3, 0.4) is 0 Å². The molecule has 0 bridgehead atoms. The molecule has 0 aliphatic heterocycles. The van der Waals surface area contributed by atoms with Crippen LogP contribution in [0.4, 0.5) is 37.7 Å². The van der Waals surface area contributed by atoms with Gasteiger partial charge in [0.15, 0.2) is 0 Å². The van der Waals surface area contributed by atoms with E-state index < -0.39 is 65.4 Å². The predicted molar refractivity (Wildman–Crippen MR) is 155 cm³/mol. The minimum atomic E-state index is -6.17. The highest BCUT2D eigenvalue weighted by Crippen LogP contribution is 2.37. The molecule has 0 radical (unpaired) electrons. The van der Waals surface area contributed by atoms with Gasteiger partial charge in [-0.3, -0.25) is 20.2 Å². The second-order valence-corrected chi connectivity index (χ2v) is 12.9. The zero-order valence-electron chi connectivity index (χ0n) is 23.6. The number of benzene rings is 4. The van der Waals surface area contributed by atoms with Crippen LogP contribution in [0, 0.1) is 20.2 Å². The molecule has 0 saturated heterocycles. The van der Waals surface area contributed by atoms with Crippen molar-refractivity contribution >= 4 is 31.6 Å². The molecule has 0 heterocycles. The molecule has 4 aromatic carbocycles. The van der Waals surface area contributed by atoms with Gasteiger partial charge in [0.1, 0.15) is 11.5 Å². The van der Waals surface area contributed by atoms with Gasteiger partial charge in [-0.05, 0) is 46.5 Å². The number of nitro groups is 2. The first-order valence-corrected chi connectivity index (χ1v) is 15.7. The normalized spacial score (nSPS) is 12.4. The maximum Gasteiger partial charge on any atom is 0.534 e. The summed E-state index contributed by atoms with van der Waals surface area (Å²) >= 11 is 0. The van der Waals surface area contributed by atoms with Crippen molar-refractivity contribution in [2.45, 2.75) is 23.9 Å². The van der Waals surface area contributed by atoms with Gasteiger partial charge in [-0.15, -0.1) is 0 Å². The maximum atomic E-state index is 13.1. The molecule has 20 heteroatoms. The second-order valence-electron chi connectivity index (χ2n) is 9.82. The minimum absolute atomic E-state index is 0.0951. The van der Waals surface area contributed by atoms with E-state index in [2.05, 4.69) is 8.37 Å². The standard InChI is InChI=1S/C28H18F6N2O10S2/c29-27(30,31)47(41,42)45-25-9-7-19(15-21(25)11-17-3-1-5-23(13-17)35(37)38)20-8-10-26(46-48(43,44)28(32,33)34)22(16-20)12-18-4-2-6-24(14-18)36(39)40/h1-10,13-16H,11-12H2. The van der Waals surface area contributed by atoms with Crippen LogP contribution in [0.2, 0.25) is 0 Å². The summed E-state index contributed by atoms with van der Waals surface area (Å²) in [4.78, 5) is 21.0. The number of alkyl halides is 6. The topological polar surface area (TPSA) is 173 Å². The fraction of sp³-hybridized carbons (Fsp3) is 0.143. The van der Waals surface area contributed by atoms with Crippen molar-refractivity contribution in [2.24, 2.45) is 0 Å². The summed E-state index contributed by atoms with van der Waals surface area (Å²) in [5.41, 5.74) is -12.3. The van der Waals surface area contributed by atoms with Crippen molar-refractivity contribution in [3.63, 3.8) is 0 Å². The zero-order valence-corrected chi connectivity index (χ0v) is 25.2. The average Bonchev–Trinajstić information content (AvgIpc) is 2.98. The number of nitrogens with zero attached hydrogens (tertiary/aromatic N) is 2. The van der Waals surface area contributed by atoms with E-state index in [-0.39, 0.29) is 44.8 Å². The van der Waals surface area contributed by atoms with Crippen molar-refractivity contribution in [1.82, 2.24) is 0 Å². The molecule has 0 aliphatic rings. The third kappa shape index (κ3) is 8.18. The molecule has 254 valence electrons. The highest BCUT2D eigenvalue weighted by molar-refractivity contribution is 7.88. The number of rotatable bonds is 11. The van der Waals surface area contributed by atoms with Crippen molar-refractivity contribution < 1.29 is 61.4 Å². The molecular weight excluding hydrogens is 702 g/mol. The van der Waals surface area contributed by atoms with Crippen LogP contribution in [-0.4, -0.2) is 37.7 Å². The Morgan fingerprint density at radius 1 is 0.562 bits per heavy atom. The van der Waals surface area contributed by atoms with Gasteiger partial charge in [0, 0.05) is 48.2 Å². The van der Waals surface area contributed by atoms with E-state index in [1.54, 1.807) is 0 Å².